The van der Waals surface area contributed by atoms with E-state index in [-0.39, 0.29) is 6.42 Å². The third-order valence-electron chi connectivity index (χ3n) is 3.92. The summed E-state index contributed by atoms with van der Waals surface area (Å²) in [6.07, 6.45) is -6.21. The lowest BCUT2D eigenvalue weighted by atomic mass is 9.80. The monoisotopic (exact) mass is 358 g/mol. The SMILES string of the molecule is N#CC(C#N)(CCC(F)(F)F)Cc1cccc(OCc2ccccc2)c1. The summed E-state index contributed by atoms with van der Waals surface area (Å²) in [5, 5.41) is 18.6. The van der Waals surface area contributed by atoms with Gasteiger partial charge in [0.1, 0.15) is 17.8 Å². The van der Waals surface area contributed by atoms with E-state index in [1.54, 1.807) is 36.4 Å². The fourth-order valence-corrected chi connectivity index (χ4v) is 2.49. The van der Waals surface area contributed by atoms with Gasteiger partial charge in [-0.25, -0.2) is 0 Å². The molecule has 6 heteroatoms. The topological polar surface area (TPSA) is 56.8 Å². The molecule has 0 saturated carbocycles. The number of hydrogen-bond donors (Lipinski definition) is 0. The first-order valence-corrected chi connectivity index (χ1v) is 8.01. The number of rotatable bonds is 7. The van der Waals surface area contributed by atoms with Crippen LogP contribution in [0.2, 0.25) is 0 Å². The van der Waals surface area contributed by atoms with Crippen LogP contribution in [0.4, 0.5) is 13.2 Å². The van der Waals surface area contributed by atoms with Crippen molar-refractivity contribution in [3.8, 4) is 17.9 Å². The zero-order valence-electron chi connectivity index (χ0n) is 14.0. The van der Waals surface area contributed by atoms with Crippen molar-refractivity contribution in [1.29, 1.82) is 10.5 Å². The Morgan fingerprint density at radius 1 is 0.846 bits per heavy atom. The molecule has 3 nitrogen and oxygen atoms in total. The van der Waals surface area contributed by atoms with E-state index in [9.17, 15) is 23.7 Å². The lowest BCUT2D eigenvalue weighted by molar-refractivity contribution is -0.138. The average molecular weight is 358 g/mol. The van der Waals surface area contributed by atoms with Crippen molar-refractivity contribution in [3.63, 3.8) is 0 Å². The lowest BCUT2D eigenvalue weighted by Gasteiger charge is -2.20. The Labute approximate surface area is 150 Å². The molecule has 2 aromatic rings. The second-order valence-corrected chi connectivity index (χ2v) is 6.02. The van der Waals surface area contributed by atoms with Crippen molar-refractivity contribution in [2.24, 2.45) is 5.41 Å². The molecule has 0 aliphatic heterocycles. The molecule has 0 bridgehead atoms. The molecule has 134 valence electrons. The van der Waals surface area contributed by atoms with Crippen LogP contribution >= 0.6 is 0 Å². The minimum atomic E-state index is -4.40. The summed E-state index contributed by atoms with van der Waals surface area (Å²) < 4.78 is 43.1. The molecule has 2 rings (SSSR count). The minimum Gasteiger partial charge on any atom is -0.489 e. The average Bonchev–Trinajstić information content (AvgIpc) is 2.64. The summed E-state index contributed by atoms with van der Waals surface area (Å²) >= 11 is 0. The first-order valence-electron chi connectivity index (χ1n) is 8.01. The molecule has 0 spiro atoms. The zero-order chi connectivity index (χ0) is 19.0. The second kappa shape index (κ2) is 8.40. The van der Waals surface area contributed by atoms with E-state index in [0.29, 0.717) is 17.9 Å². The molecule has 0 unspecified atom stereocenters. The first-order chi connectivity index (χ1) is 12.4. The molecule has 2 aromatic carbocycles. The minimum absolute atomic E-state index is 0.0847. The van der Waals surface area contributed by atoms with Gasteiger partial charge in [0.25, 0.3) is 0 Å². The van der Waals surface area contributed by atoms with Gasteiger partial charge >= 0.3 is 6.18 Å². The van der Waals surface area contributed by atoms with Crippen LogP contribution in [-0.4, -0.2) is 6.18 Å². The van der Waals surface area contributed by atoms with Gasteiger partial charge in [0.15, 0.2) is 0 Å². The van der Waals surface area contributed by atoms with Crippen LogP contribution in [0.5, 0.6) is 5.75 Å². The van der Waals surface area contributed by atoms with E-state index in [2.05, 4.69) is 0 Å². The van der Waals surface area contributed by atoms with E-state index in [4.69, 9.17) is 4.74 Å². The highest BCUT2D eigenvalue weighted by atomic mass is 19.4. The Morgan fingerprint density at radius 2 is 1.50 bits per heavy atom. The molecule has 0 fully saturated rings. The molecule has 0 aliphatic rings. The number of benzene rings is 2. The normalized spacial score (nSPS) is 11.4. The van der Waals surface area contributed by atoms with Gasteiger partial charge in [-0.2, -0.15) is 23.7 Å². The van der Waals surface area contributed by atoms with E-state index < -0.39 is 24.4 Å². The third-order valence-corrected chi connectivity index (χ3v) is 3.92. The van der Waals surface area contributed by atoms with Gasteiger partial charge in [0.2, 0.25) is 0 Å². The van der Waals surface area contributed by atoms with Crippen molar-refractivity contribution >= 4 is 0 Å². The smallest absolute Gasteiger partial charge is 0.389 e. The molecule has 0 aromatic heterocycles. The van der Waals surface area contributed by atoms with Crippen molar-refractivity contribution in [2.45, 2.75) is 32.0 Å². The second-order valence-electron chi connectivity index (χ2n) is 6.02. The molecule has 0 atom stereocenters. The van der Waals surface area contributed by atoms with Crippen LogP contribution in [0.1, 0.15) is 24.0 Å². The molecule has 0 amide bonds. The largest absolute Gasteiger partial charge is 0.489 e. The Balaban J connectivity index is 2.08. The van der Waals surface area contributed by atoms with Gasteiger partial charge in [0, 0.05) is 12.8 Å². The number of halogens is 3. The summed E-state index contributed by atoms with van der Waals surface area (Å²) in [6.45, 7) is 0.347. The van der Waals surface area contributed by atoms with Crippen LogP contribution in [0, 0.1) is 28.1 Å². The predicted molar refractivity (Wildman–Crippen MR) is 89.9 cm³/mol. The molecule has 26 heavy (non-hydrogen) atoms. The maximum Gasteiger partial charge on any atom is 0.389 e. The number of nitriles is 2. The molecular weight excluding hydrogens is 341 g/mol. The molecule has 0 heterocycles. The van der Waals surface area contributed by atoms with Crippen LogP contribution in [-0.2, 0) is 13.0 Å². The molecule has 0 radical (unpaired) electrons. The fraction of sp³-hybridized carbons (Fsp3) is 0.300. The van der Waals surface area contributed by atoms with Crippen molar-refractivity contribution in [3.05, 3.63) is 65.7 Å². The Morgan fingerprint density at radius 3 is 2.12 bits per heavy atom. The summed E-state index contributed by atoms with van der Waals surface area (Å²) in [6, 6.07) is 19.8. The van der Waals surface area contributed by atoms with Crippen LogP contribution in [0.15, 0.2) is 54.6 Å². The van der Waals surface area contributed by atoms with Gasteiger partial charge in [-0.15, -0.1) is 0 Å². The van der Waals surface area contributed by atoms with E-state index in [1.165, 1.54) is 0 Å². The Hall–Kier alpha value is -2.99. The maximum atomic E-state index is 12.5. The predicted octanol–water partition coefficient (Wildman–Crippen LogP) is 5.18. The highest BCUT2D eigenvalue weighted by Crippen LogP contribution is 2.33. The van der Waals surface area contributed by atoms with Crippen LogP contribution in [0.25, 0.3) is 0 Å². The van der Waals surface area contributed by atoms with Crippen LogP contribution < -0.4 is 4.74 Å². The standard InChI is InChI=1S/C20H17F3N2O/c21-20(22,23)10-9-19(14-24,15-25)12-17-7-4-8-18(11-17)26-13-16-5-2-1-3-6-16/h1-8,11H,9-10,12-13H2. The first kappa shape index (κ1) is 19.3. The lowest BCUT2D eigenvalue weighted by Crippen LogP contribution is -2.23. The van der Waals surface area contributed by atoms with Crippen LogP contribution in [0.3, 0.4) is 0 Å². The van der Waals surface area contributed by atoms with Gasteiger partial charge in [-0.1, -0.05) is 42.5 Å². The maximum absolute atomic E-state index is 12.5. The summed E-state index contributed by atoms with van der Waals surface area (Å²) in [7, 11) is 0. The van der Waals surface area contributed by atoms with Gasteiger partial charge < -0.3 is 4.74 Å². The van der Waals surface area contributed by atoms with Gasteiger partial charge in [0.05, 0.1) is 12.1 Å². The molecular formula is C20H17F3N2O. The molecule has 0 saturated heterocycles. The van der Waals surface area contributed by atoms with Gasteiger partial charge in [-0.3, -0.25) is 0 Å². The third kappa shape index (κ3) is 5.82. The van der Waals surface area contributed by atoms with E-state index >= 15 is 0 Å². The number of nitrogens with zero attached hydrogens (tertiary/aromatic N) is 2. The Kier molecular flexibility index (Phi) is 6.25. The Bertz CT molecular complexity index is 790. The molecule has 0 aliphatic carbocycles. The van der Waals surface area contributed by atoms with Crippen molar-refractivity contribution in [1.82, 2.24) is 0 Å². The summed E-state index contributed by atoms with van der Waals surface area (Å²) in [4.78, 5) is 0. The van der Waals surface area contributed by atoms with Crippen molar-refractivity contribution in [2.75, 3.05) is 0 Å². The van der Waals surface area contributed by atoms with Crippen molar-refractivity contribution < 1.29 is 17.9 Å². The quantitative estimate of drug-likeness (QED) is 0.685. The summed E-state index contributed by atoms with van der Waals surface area (Å²) in [5.74, 6) is 0.534. The van der Waals surface area contributed by atoms with E-state index in [1.807, 2.05) is 30.3 Å². The summed E-state index contributed by atoms with van der Waals surface area (Å²) in [5.41, 5.74) is -0.152. The number of hydrogen-bond acceptors (Lipinski definition) is 3. The van der Waals surface area contributed by atoms with Gasteiger partial charge in [-0.05, 0) is 29.7 Å². The molecule has 0 N–H and O–H groups in total. The fourth-order valence-electron chi connectivity index (χ4n) is 2.49. The highest BCUT2D eigenvalue weighted by molar-refractivity contribution is 5.32. The van der Waals surface area contributed by atoms with E-state index in [0.717, 1.165) is 5.56 Å². The number of ether oxygens (including phenoxy) is 1. The number of alkyl halides is 3. The zero-order valence-corrected chi connectivity index (χ0v) is 14.0. The highest BCUT2D eigenvalue weighted by Gasteiger charge is 2.37.